The highest BCUT2D eigenvalue weighted by atomic mass is 16.5. The number of allylic oxidation sites excluding steroid dienone is 3. The van der Waals surface area contributed by atoms with E-state index >= 15 is 0 Å². The summed E-state index contributed by atoms with van der Waals surface area (Å²) in [6.45, 7) is 12.3. The second-order valence-electron chi connectivity index (χ2n) is 12.5. The summed E-state index contributed by atoms with van der Waals surface area (Å²) in [4.78, 5) is 13.1. The third kappa shape index (κ3) is 15.3. The van der Waals surface area contributed by atoms with Crippen molar-refractivity contribution in [3.8, 4) is 17.2 Å². The van der Waals surface area contributed by atoms with Gasteiger partial charge in [-0.3, -0.25) is 0 Å². The second-order valence-corrected chi connectivity index (χ2v) is 12.5. The Balaban J connectivity index is 2.12. The Hall–Kier alpha value is -2.69. The maximum Gasteiger partial charge on any atom is 0.383 e. The molecular weight excluding hydrogens is 548 g/mol. The van der Waals surface area contributed by atoms with Gasteiger partial charge in [0.1, 0.15) is 23.3 Å². The summed E-state index contributed by atoms with van der Waals surface area (Å²) in [5.41, 5.74) is 2.54. The molecule has 0 N–H and O–H groups in total. The van der Waals surface area contributed by atoms with E-state index in [-0.39, 0.29) is 5.75 Å². The van der Waals surface area contributed by atoms with Gasteiger partial charge in [-0.2, -0.15) is 0 Å². The van der Waals surface area contributed by atoms with Gasteiger partial charge >= 0.3 is 5.63 Å². The Morgan fingerprint density at radius 2 is 1.25 bits per heavy atom. The lowest BCUT2D eigenvalue weighted by Gasteiger charge is -2.16. The van der Waals surface area contributed by atoms with Gasteiger partial charge in [0.25, 0.3) is 0 Å². The minimum Gasteiger partial charge on any atom is -0.493 e. The topological polar surface area (TPSA) is 57.9 Å². The van der Waals surface area contributed by atoms with Crippen LogP contribution >= 0.6 is 0 Å². The van der Waals surface area contributed by atoms with Crippen LogP contribution in [0.15, 0.2) is 50.7 Å². The number of ether oxygens (including phenoxy) is 3. The molecular formula is C39H62O5. The van der Waals surface area contributed by atoms with E-state index < -0.39 is 5.63 Å². The molecule has 0 amide bonds. The van der Waals surface area contributed by atoms with Crippen molar-refractivity contribution in [2.75, 3.05) is 19.8 Å². The average Bonchev–Trinajstić information content (AvgIpc) is 3.00. The van der Waals surface area contributed by atoms with Crippen molar-refractivity contribution in [1.82, 2.24) is 0 Å². The maximum absolute atomic E-state index is 13.1. The molecule has 0 saturated carbocycles. The first kappa shape index (κ1) is 37.5. The van der Waals surface area contributed by atoms with Gasteiger partial charge in [-0.25, -0.2) is 4.79 Å². The molecule has 1 heterocycles. The van der Waals surface area contributed by atoms with Crippen LogP contribution in [0, 0.1) is 0 Å². The molecule has 0 saturated heterocycles. The van der Waals surface area contributed by atoms with Crippen molar-refractivity contribution in [2.24, 2.45) is 0 Å². The van der Waals surface area contributed by atoms with Gasteiger partial charge < -0.3 is 18.6 Å². The van der Waals surface area contributed by atoms with Gasteiger partial charge in [0.2, 0.25) is 5.75 Å². The van der Waals surface area contributed by atoms with E-state index in [0.717, 1.165) is 38.5 Å². The van der Waals surface area contributed by atoms with Crippen LogP contribution in [0.25, 0.3) is 11.0 Å². The molecule has 0 unspecified atom stereocenters. The standard InChI is InChI=1S/C39H62O5/c1-6-8-10-12-14-16-18-20-29-41-34-26-23-27-35-36(34)37(43-31-28-33(5)25-22-24-32(3)4)38(39(40)44-35)42-30-21-19-17-15-13-11-9-7-2/h23-24,26-28H,6-22,25,29-31H2,1-5H3/b33-28+. The van der Waals surface area contributed by atoms with E-state index in [0.29, 0.717) is 42.3 Å². The van der Waals surface area contributed by atoms with Gasteiger partial charge in [0.05, 0.1) is 13.2 Å². The number of unbranched alkanes of at least 4 members (excludes halogenated alkanes) is 14. The van der Waals surface area contributed by atoms with Gasteiger partial charge in [0.15, 0.2) is 5.75 Å². The molecule has 5 nitrogen and oxygen atoms in total. The first-order chi connectivity index (χ1) is 21.5. The number of hydrogen-bond acceptors (Lipinski definition) is 5. The van der Waals surface area contributed by atoms with Crippen LogP contribution in [0.2, 0.25) is 0 Å². The molecule has 0 bridgehead atoms. The van der Waals surface area contributed by atoms with Crippen molar-refractivity contribution < 1.29 is 18.6 Å². The van der Waals surface area contributed by atoms with E-state index in [1.54, 1.807) is 6.07 Å². The van der Waals surface area contributed by atoms with Crippen LogP contribution < -0.4 is 19.8 Å². The Bertz CT molecular complexity index is 1160. The van der Waals surface area contributed by atoms with Crippen molar-refractivity contribution in [1.29, 1.82) is 0 Å². The SMILES string of the molecule is CCCCCCCCCCOc1c(OC/C=C(\C)CCC=C(C)C)c2c(OCCCCCCCCCC)cccc2oc1=O. The maximum atomic E-state index is 13.1. The molecule has 0 aliphatic rings. The van der Waals surface area contributed by atoms with Gasteiger partial charge in [-0.05, 0) is 64.7 Å². The van der Waals surface area contributed by atoms with E-state index in [9.17, 15) is 4.79 Å². The Kier molecular flexibility index (Phi) is 20.2. The predicted octanol–water partition coefficient (Wildman–Crippen LogP) is 11.9. The van der Waals surface area contributed by atoms with Crippen LogP contribution in [-0.4, -0.2) is 19.8 Å². The fraction of sp³-hybridized carbons (Fsp3) is 0.667. The minimum absolute atomic E-state index is 0.152. The summed E-state index contributed by atoms with van der Waals surface area (Å²) in [6, 6.07) is 5.60. The average molecular weight is 611 g/mol. The van der Waals surface area contributed by atoms with Gasteiger partial charge in [-0.1, -0.05) is 127 Å². The Morgan fingerprint density at radius 3 is 1.84 bits per heavy atom. The molecule has 1 aromatic carbocycles. The molecule has 1 aromatic heterocycles. The number of fused-ring (bicyclic) bond motifs is 1. The van der Waals surface area contributed by atoms with Crippen molar-refractivity contribution in [2.45, 2.75) is 150 Å². The molecule has 0 radical (unpaired) electrons. The molecule has 0 aliphatic heterocycles. The first-order valence-corrected chi connectivity index (χ1v) is 17.7. The predicted molar refractivity (Wildman–Crippen MR) is 187 cm³/mol. The van der Waals surface area contributed by atoms with Crippen molar-refractivity contribution in [3.05, 3.63) is 51.9 Å². The third-order valence-corrected chi connectivity index (χ3v) is 8.06. The quantitative estimate of drug-likeness (QED) is 0.0602. The van der Waals surface area contributed by atoms with Crippen LogP contribution in [0.3, 0.4) is 0 Å². The van der Waals surface area contributed by atoms with Crippen LogP contribution in [0.1, 0.15) is 150 Å². The van der Waals surface area contributed by atoms with E-state index in [1.165, 1.54) is 88.2 Å². The normalized spacial score (nSPS) is 11.6. The fourth-order valence-electron chi connectivity index (χ4n) is 5.34. The molecule has 0 atom stereocenters. The summed E-state index contributed by atoms with van der Waals surface area (Å²) in [5, 5.41) is 0.674. The zero-order valence-corrected chi connectivity index (χ0v) is 28.8. The molecule has 0 spiro atoms. The zero-order valence-electron chi connectivity index (χ0n) is 28.8. The highest BCUT2D eigenvalue weighted by Gasteiger charge is 2.21. The van der Waals surface area contributed by atoms with E-state index in [1.807, 2.05) is 12.1 Å². The molecule has 248 valence electrons. The smallest absolute Gasteiger partial charge is 0.383 e. The zero-order chi connectivity index (χ0) is 31.8. The van der Waals surface area contributed by atoms with E-state index in [4.69, 9.17) is 18.6 Å². The molecule has 2 rings (SSSR count). The van der Waals surface area contributed by atoms with Crippen molar-refractivity contribution in [3.63, 3.8) is 0 Å². The number of rotatable bonds is 26. The lowest BCUT2D eigenvalue weighted by atomic mass is 10.1. The Labute approximate surface area is 268 Å². The van der Waals surface area contributed by atoms with Gasteiger partial charge in [-0.15, -0.1) is 0 Å². The fourth-order valence-corrected chi connectivity index (χ4v) is 5.34. The lowest BCUT2D eigenvalue weighted by Crippen LogP contribution is -2.12. The largest absolute Gasteiger partial charge is 0.493 e. The molecule has 0 fully saturated rings. The second kappa shape index (κ2) is 23.7. The monoisotopic (exact) mass is 610 g/mol. The highest BCUT2D eigenvalue weighted by Crippen LogP contribution is 2.39. The summed E-state index contributed by atoms with van der Waals surface area (Å²) in [7, 11) is 0. The van der Waals surface area contributed by atoms with Crippen molar-refractivity contribution >= 4 is 11.0 Å². The molecule has 2 aromatic rings. The lowest BCUT2D eigenvalue weighted by molar-refractivity contribution is 0.262. The van der Waals surface area contributed by atoms with Crippen LogP contribution in [-0.2, 0) is 0 Å². The van der Waals surface area contributed by atoms with Crippen LogP contribution in [0.5, 0.6) is 17.2 Å². The highest BCUT2D eigenvalue weighted by molar-refractivity contribution is 5.91. The molecule has 44 heavy (non-hydrogen) atoms. The first-order valence-electron chi connectivity index (χ1n) is 17.7. The summed E-state index contributed by atoms with van der Waals surface area (Å²) in [6.07, 6.45) is 25.9. The minimum atomic E-state index is -0.503. The van der Waals surface area contributed by atoms with Gasteiger partial charge in [0, 0.05) is 0 Å². The van der Waals surface area contributed by atoms with E-state index in [2.05, 4.69) is 46.8 Å². The number of hydrogen-bond donors (Lipinski definition) is 0. The number of benzene rings is 1. The molecule has 0 aliphatic carbocycles. The van der Waals surface area contributed by atoms with Crippen LogP contribution in [0.4, 0.5) is 0 Å². The Morgan fingerprint density at radius 1 is 0.682 bits per heavy atom. The third-order valence-electron chi connectivity index (χ3n) is 8.06. The summed E-state index contributed by atoms with van der Waals surface area (Å²) in [5.74, 6) is 1.25. The summed E-state index contributed by atoms with van der Waals surface area (Å²) >= 11 is 0. The molecule has 5 heteroatoms. The summed E-state index contributed by atoms with van der Waals surface area (Å²) < 4.78 is 24.5.